The predicted octanol–water partition coefficient (Wildman–Crippen LogP) is -0.338. The van der Waals surface area contributed by atoms with E-state index in [1.54, 1.807) is 0 Å². The molecule has 1 saturated heterocycles. The number of aliphatic imine (C=N–C) groups is 1. The molecule has 21 heavy (non-hydrogen) atoms. The fraction of sp³-hybridized carbons (Fsp3) is 0.615. The molecule has 7 nitrogen and oxygen atoms in total. The number of hydrogen-bond acceptors (Lipinski definition) is 7. The van der Waals surface area contributed by atoms with Gasteiger partial charge < -0.3 is 20.7 Å². The van der Waals surface area contributed by atoms with E-state index in [0.29, 0.717) is 6.42 Å². The van der Waals surface area contributed by atoms with Gasteiger partial charge in [0.15, 0.2) is 6.23 Å². The minimum Gasteiger partial charge on any atom is -0.388 e. The smallest absolute Gasteiger partial charge is 0.181 e. The van der Waals surface area contributed by atoms with Gasteiger partial charge in [-0.1, -0.05) is 6.58 Å². The third kappa shape index (κ3) is 3.74. The van der Waals surface area contributed by atoms with Gasteiger partial charge in [-0.2, -0.15) is 5.10 Å². The highest BCUT2D eigenvalue weighted by Gasteiger charge is 2.46. The molecule has 118 valence electrons. The molecule has 0 aliphatic carbocycles. The maximum absolute atomic E-state index is 10.2. The molecule has 2 rings (SSSR count). The zero-order chi connectivity index (χ0) is 15.8. The lowest BCUT2D eigenvalue weighted by molar-refractivity contribution is -0.0749. The number of rotatable bonds is 4. The van der Waals surface area contributed by atoms with Crippen molar-refractivity contribution in [3.63, 3.8) is 0 Å². The molecule has 0 radical (unpaired) electrons. The Labute approximate surface area is 124 Å². The first kappa shape index (κ1) is 16.2. The van der Waals surface area contributed by atoms with E-state index in [2.05, 4.69) is 36.3 Å². The van der Waals surface area contributed by atoms with E-state index < -0.39 is 31.4 Å². The summed E-state index contributed by atoms with van der Waals surface area (Å²) < 4.78 is 5.76. The van der Waals surface area contributed by atoms with Crippen LogP contribution < -0.4 is 5.73 Å². The molecule has 2 aliphatic rings. The quantitative estimate of drug-likeness (QED) is 0.616. The van der Waals surface area contributed by atoms with Crippen molar-refractivity contribution in [1.82, 2.24) is 5.01 Å². The normalized spacial score (nSPS) is 33.4. The van der Waals surface area contributed by atoms with Crippen molar-refractivity contribution in [3.8, 4) is 0 Å². The van der Waals surface area contributed by atoms with Crippen molar-refractivity contribution in [2.75, 3.05) is 19.5 Å². The summed E-state index contributed by atoms with van der Waals surface area (Å²) in [5.74, 6) is 0.515. The van der Waals surface area contributed by atoms with Gasteiger partial charge in [-0.25, -0.2) is 10.0 Å². The third-order valence-electron chi connectivity index (χ3n) is 3.43. The molecule has 2 aliphatic heterocycles. The average Bonchev–Trinajstić information content (AvgIpc) is 2.64. The minimum atomic E-state index is -1.21. The van der Waals surface area contributed by atoms with Crippen molar-refractivity contribution < 1.29 is 14.9 Å². The highest BCUT2D eigenvalue weighted by Crippen LogP contribution is 2.38. The Balaban J connectivity index is 2.05. The number of nitrogens with two attached hydrogens (primary N) is 1. The largest absolute Gasteiger partial charge is 0.388 e. The second-order valence-electron chi connectivity index (χ2n) is 6.04. The molecule has 0 saturated carbocycles. The third-order valence-corrected chi connectivity index (χ3v) is 4.90. The first-order chi connectivity index (χ1) is 9.69. The molecule has 0 aromatic heterocycles. The number of ether oxygens (including phenoxy) is 1. The van der Waals surface area contributed by atoms with Crippen LogP contribution in [-0.4, -0.2) is 77.6 Å². The highest BCUT2D eigenvalue weighted by atomic mass is 31.2. The monoisotopic (exact) mass is 314 g/mol. The maximum atomic E-state index is 10.2. The van der Waals surface area contributed by atoms with E-state index in [0.717, 1.165) is 6.16 Å². The van der Waals surface area contributed by atoms with Crippen molar-refractivity contribution in [2.45, 2.75) is 31.0 Å². The fourth-order valence-electron chi connectivity index (χ4n) is 2.28. The van der Waals surface area contributed by atoms with E-state index >= 15 is 0 Å². The lowest BCUT2D eigenvalue weighted by Gasteiger charge is -2.28. The van der Waals surface area contributed by atoms with E-state index in [1.165, 1.54) is 11.2 Å². The van der Waals surface area contributed by atoms with Crippen molar-refractivity contribution in [2.24, 2.45) is 15.8 Å². The second-order valence-corrected chi connectivity index (χ2v) is 10.4. The number of hydrogen-bond donors (Lipinski definition) is 3. The van der Waals surface area contributed by atoms with Gasteiger partial charge in [-0.05, 0) is 25.9 Å². The van der Waals surface area contributed by atoms with E-state index in [4.69, 9.17) is 10.5 Å². The fourth-order valence-corrected chi connectivity index (χ4v) is 3.23. The van der Waals surface area contributed by atoms with Gasteiger partial charge in [0.05, 0.1) is 12.3 Å². The number of aliphatic hydroxyl groups is 2. The molecule has 0 aromatic rings. The van der Waals surface area contributed by atoms with Gasteiger partial charge in [0.1, 0.15) is 23.9 Å². The average molecular weight is 314 g/mol. The molecule has 4 atom stereocenters. The van der Waals surface area contributed by atoms with Crippen molar-refractivity contribution >= 4 is 25.2 Å². The van der Waals surface area contributed by atoms with Crippen molar-refractivity contribution in [1.29, 1.82) is 0 Å². The van der Waals surface area contributed by atoms with Gasteiger partial charge in [-0.3, -0.25) is 0 Å². The zero-order valence-corrected chi connectivity index (χ0v) is 13.3. The van der Waals surface area contributed by atoms with Crippen LogP contribution in [0.2, 0.25) is 0 Å². The predicted molar refractivity (Wildman–Crippen MR) is 87.1 cm³/mol. The first-order valence-electron chi connectivity index (χ1n) is 6.74. The molecule has 0 amide bonds. The summed E-state index contributed by atoms with van der Waals surface area (Å²) in [6.07, 6.45) is 3.72. The number of nitrogens with zero attached hydrogens (tertiary/aromatic N) is 3. The molecule has 0 bridgehead atoms. The molecular weight excluding hydrogens is 291 g/mol. The van der Waals surface area contributed by atoms with Crippen LogP contribution in [0.3, 0.4) is 0 Å². The van der Waals surface area contributed by atoms with Gasteiger partial charge in [0, 0.05) is 0 Å². The Morgan fingerprint density at radius 1 is 1.43 bits per heavy atom. The van der Waals surface area contributed by atoms with Crippen LogP contribution in [0.1, 0.15) is 6.42 Å². The first-order valence-corrected chi connectivity index (χ1v) is 9.79. The van der Waals surface area contributed by atoms with Crippen LogP contribution in [0, 0.1) is 0 Å². The topological polar surface area (TPSA) is 104 Å². The Kier molecular flexibility index (Phi) is 4.58. The second kappa shape index (κ2) is 5.93. The van der Waals surface area contributed by atoms with Crippen LogP contribution in [0.5, 0.6) is 0 Å². The molecule has 2 heterocycles. The zero-order valence-electron chi connectivity index (χ0n) is 12.4. The van der Waals surface area contributed by atoms with E-state index in [-0.39, 0.29) is 11.7 Å². The summed E-state index contributed by atoms with van der Waals surface area (Å²) in [6, 6.07) is 0. The van der Waals surface area contributed by atoms with Gasteiger partial charge in [0.25, 0.3) is 0 Å². The molecular formula is C13H23N4O3P. The van der Waals surface area contributed by atoms with Gasteiger partial charge in [0.2, 0.25) is 0 Å². The molecule has 1 fully saturated rings. The van der Waals surface area contributed by atoms with Gasteiger partial charge >= 0.3 is 0 Å². The Hall–Kier alpha value is -1.14. The molecule has 0 unspecified atom stereocenters. The number of hydrazone groups is 1. The molecule has 0 spiro atoms. The molecule has 0 aromatic carbocycles. The van der Waals surface area contributed by atoms with Crippen LogP contribution in [0.4, 0.5) is 0 Å². The summed E-state index contributed by atoms with van der Waals surface area (Å²) in [5.41, 5.74) is 5.53. The van der Waals surface area contributed by atoms with Crippen LogP contribution >= 0.6 is 6.89 Å². The Morgan fingerprint density at radius 2 is 2.10 bits per heavy atom. The number of amidine groups is 1. The van der Waals surface area contributed by atoms with Crippen LogP contribution in [-0.2, 0) is 4.74 Å². The summed E-state index contributed by atoms with van der Waals surface area (Å²) in [6.45, 7) is 6.76. The number of aliphatic hydroxyl groups excluding tert-OH is 2. The summed E-state index contributed by atoms with van der Waals surface area (Å²) >= 11 is 0. The highest BCUT2D eigenvalue weighted by molar-refractivity contribution is 7.72. The SMILES string of the molecule is C=C1N=C(N)C=NN1[C@@H]1O[C@H](CCP(=C)(C)C)[C@@H](O)[C@H]1O. The standard InChI is InChI=1S/C13H23N4O3P/c1-8-16-10(14)7-15-17(8)13-12(19)11(18)9(20-13)5-6-21(2,3)4/h7,9,11-13,18-19H,1-2,5-6H2,3-4H3,(H2,14,16)/t9-,11-,12-,13-/m1/s1. The van der Waals surface area contributed by atoms with Crippen molar-refractivity contribution in [3.05, 3.63) is 12.4 Å². The van der Waals surface area contributed by atoms with Gasteiger partial charge in [-0.15, -0.1) is 13.2 Å². The molecule has 8 heteroatoms. The lowest BCUT2D eigenvalue weighted by atomic mass is 10.1. The van der Waals surface area contributed by atoms with Crippen LogP contribution in [0.25, 0.3) is 0 Å². The summed E-state index contributed by atoms with van der Waals surface area (Å²) in [4.78, 5) is 3.98. The van der Waals surface area contributed by atoms with Crippen LogP contribution in [0.15, 0.2) is 22.5 Å². The van der Waals surface area contributed by atoms with E-state index in [1.807, 2.05) is 0 Å². The lowest BCUT2D eigenvalue weighted by Crippen LogP contribution is -2.42. The Bertz CT molecular complexity index is 528. The Morgan fingerprint density at radius 3 is 2.67 bits per heavy atom. The summed E-state index contributed by atoms with van der Waals surface area (Å²) in [5, 5.41) is 25.7. The van der Waals surface area contributed by atoms with E-state index in [9.17, 15) is 10.2 Å². The maximum Gasteiger partial charge on any atom is 0.181 e. The summed E-state index contributed by atoms with van der Waals surface area (Å²) in [7, 11) is 0. The molecule has 4 N–H and O–H groups in total. The minimum absolute atomic E-state index is 0.240.